The third-order valence-electron chi connectivity index (χ3n) is 5.71. The summed E-state index contributed by atoms with van der Waals surface area (Å²) in [5.41, 5.74) is 4.47. The predicted molar refractivity (Wildman–Crippen MR) is 132 cm³/mol. The van der Waals surface area contributed by atoms with Gasteiger partial charge in [0.25, 0.3) is 5.91 Å². The molecule has 178 valence electrons. The molecular formula is C26H25N5O4. The van der Waals surface area contributed by atoms with Crippen LogP contribution in [0, 0.1) is 32.1 Å². The molecule has 0 saturated heterocycles. The van der Waals surface area contributed by atoms with E-state index in [4.69, 9.17) is 19.2 Å². The number of methoxy groups -OCH3 is 3. The van der Waals surface area contributed by atoms with E-state index in [-0.39, 0.29) is 16.9 Å². The summed E-state index contributed by atoms with van der Waals surface area (Å²) in [6, 6.07) is 11.2. The van der Waals surface area contributed by atoms with Crippen LogP contribution in [-0.2, 0) is 0 Å². The van der Waals surface area contributed by atoms with Crippen molar-refractivity contribution < 1.29 is 19.0 Å². The van der Waals surface area contributed by atoms with Gasteiger partial charge in [0.1, 0.15) is 11.6 Å². The average molecular weight is 472 g/mol. The summed E-state index contributed by atoms with van der Waals surface area (Å²) in [6.07, 6.45) is 1.40. The van der Waals surface area contributed by atoms with Crippen LogP contribution in [0.5, 0.6) is 17.2 Å². The number of nitriles is 1. The molecule has 0 aliphatic carbocycles. The van der Waals surface area contributed by atoms with Crippen molar-refractivity contribution in [2.75, 3.05) is 26.6 Å². The number of nitrogens with one attached hydrogen (secondary N) is 1. The minimum atomic E-state index is -0.480. The maximum atomic E-state index is 13.2. The molecule has 0 unspecified atom stereocenters. The molecular weight excluding hydrogens is 446 g/mol. The number of carbonyl (C=O) groups is 1. The third kappa shape index (κ3) is 4.22. The number of hydrogen-bond acceptors (Lipinski definition) is 7. The summed E-state index contributed by atoms with van der Waals surface area (Å²) in [7, 11) is 4.43. The van der Waals surface area contributed by atoms with Crippen LogP contribution in [0.15, 0.2) is 36.5 Å². The van der Waals surface area contributed by atoms with Crippen LogP contribution < -0.4 is 19.5 Å². The van der Waals surface area contributed by atoms with E-state index in [9.17, 15) is 10.1 Å². The Balaban J connectivity index is 1.80. The van der Waals surface area contributed by atoms with Crippen LogP contribution in [0.3, 0.4) is 0 Å². The lowest BCUT2D eigenvalue weighted by molar-refractivity contribution is 0.102. The van der Waals surface area contributed by atoms with Crippen LogP contribution in [0.2, 0.25) is 0 Å². The lowest BCUT2D eigenvalue weighted by Gasteiger charge is -2.15. The lowest BCUT2D eigenvalue weighted by Crippen LogP contribution is -2.17. The molecule has 35 heavy (non-hydrogen) atoms. The second-order valence-corrected chi connectivity index (χ2v) is 8.07. The van der Waals surface area contributed by atoms with Gasteiger partial charge in [0.2, 0.25) is 5.75 Å². The molecule has 2 heterocycles. The van der Waals surface area contributed by atoms with Gasteiger partial charge >= 0.3 is 0 Å². The molecule has 0 aliphatic heterocycles. The maximum absolute atomic E-state index is 13.2. The zero-order valence-corrected chi connectivity index (χ0v) is 20.4. The zero-order chi connectivity index (χ0) is 25.3. The summed E-state index contributed by atoms with van der Waals surface area (Å²) >= 11 is 0. The summed E-state index contributed by atoms with van der Waals surface area (Å²) in [6.45, 7) is 6.04. The molecule has 2 aromatic carbocycles. The van der Waals surface area contributed by atoms with Crippen molar-refractivity contribution >= 4 is 22.6 Å². The van der Waals surface area contributed by atoms with Gasteiger partial charge in [-0.3, -0.25) is 4.79 Å². The smallest absolute Gasteiger partial charge is 0.257 e. The molecule has 0 bridgehead atoms. The highest BCUT2D eigenvalue weighted by Gasteiger charge is 2.21. The monoisotopic (exact) mass is 471 g/mol. The fourth-order valence-corrected chi connectivity index (χ4v) is 4.05. The van der Waals surface area contributed by atoms with Crippen molar-refractivity contribution in [3.63, 3.8) is 0 Å². The number of fused-ring (bicyclic) bond motifs is 1. The first-order chi connectivity index (χ1) is 16.8. The highest BCUT2D eigenvalue weighted by molar-refractivity contribution is 6.05. The minimum absolute atomic E-state index is 0.200. The van der Waals surface area contributed by atoms with E-state index in [1.54, 1.807) is 0 Å². The molecule has 9 nitrogen and oxygen atoms in total. The maximum Gasteiger partial charge on any atom is 0.257 e. The van der Waals surface area contributed by atoms with E-state index < -0.39 is 5.91 Å². The second kappa shape index (κ2) is 9.35. The summed E-state index contributed by atoms with van der Waals surface area (Å²) in [5.74, 6) is 1.26. The molecule has 0 saturated carbocycles. The Morgan fingerprint density at radius 1 is 0.971 bits per heavy atom. The fraction of sp³-hybridized carbons (Fsp3) is 0.231. The largest absolute Gasteiger partial charge is 0.493 e. The first-order valence-corrected chi connectivity index (χ1v) is 10.8. The van der Waals surface area contributed by atoms with Gasteiger partial charge in [0, 0.05) is 10.9 Å². The molecule has 0 aliphatic rings. The van der Waals surface area contributed by atoms with Gasteiger partial charge in [-0.05, 0) is 56.2 Å². The van der Waals surface area contributed by atoms with E-state index in [0.717, 1.165) is 27.6 Å². The van der Waals surface area contributed by atoms with E-state index >= 15 is 0 Å². The Hall–Kier alpha value is -4.58. The number of pyridine rings is 1. The third-order valence-corrected chi connectivity index (χ3v) is 5.71. The number of hydrogen-bond donors (Lipinski definition) is 1. The Bertz CT molecular complexity index is 1480. The molecule has 0 radical (unpaired) electrons. The molecule has 9 heteroatoms. The van der Waals surface area contributed by atoms with Gasteiger partial charge in [0.05, 0.1) is 33.0 Å². The SMILES string of the molecule is COc1cc(C(=O)Nc2c(C#N)cnn2-c2cc(C)c3cc(C)cc(C)c3n2)cc(OC)c1OC. The topological polar surface area (TPSA) is 111 Å². The summed E-state index contributed by atoms with van der Waals surface area (Å²) in [4.78, 5) is 18.0. The normalized spacial score (nSPS) is 10.7. The van der Waals surface area contributed by atoms with Crippen molar-refractivity contribution in [3.05, 3.63) is 64.3 Å². The molecule has 1 amide bonds. The summed E-state index contributed by atoms with van der Waals surface area (Å²) in [5, 5.41) is 17.9. The van der Waals surface area contributed by atoms with Gasteiger partial charge in [-0.2, -0.15) is 15.0 Å². The first kappa shape index (κ1) is 23.6. The van der Waals surface area contributed by atoms with Gasteiger partial charge in [0.15, 0.2) is 23.1 Å². The average Bonchev–Trinajstić information content (AvgIpc) is 3.25. The van der Waals surface area contributed by atoms with Gasteiger partial charge in [-0.15, -0.1) is 0 Å². The van der Waals surface area contributed by atoms with Crippen molar-refractivity contribution in [1.29, 1.82) is 5.26 Å². The van der Waals surface area contributed by atoms with Crippen LogP contribution in [0.25, 0.3) is 16.7 Å². The van der Waals surface area contributed by atoms with Crippen LogP contribution in [0.4, 0.5) is 5.82 Å². The zero-order valence-electron chi connectivity index (χ0n) is 20.4. The molecule has 4 aromatic rings. The quantitative estimate of drug-likeness (QED) is 0.441. The molecule has 2 aromatic heterocycles. The number of aryl methyl sites for hydroxylation is 3. The van der Waals surface area contributed by atoms with E-state index in [1.165, 1.54) is 44.3 Å². The number of ether oxygens (including phenoxy) is 3. The van der Waals surface area contributed by atoms with Crippen molar-refractivity contribution in [2.45, 2.75) is 20.8 Å². The first-order valence-electron chi connectivity index (χ1n) is 10.8. The Labute approximate surface area is 202 Å². The van der Waals surface area contributed by atoms with Crippen LogP contribution in [-0.4, -0.2) is 42.0 Å². The molecule has 4 rings (SSSR count). The van der Waals surface area contributed by atoms with Crippen LogP contribution in [0.1, 0.15) is 32.6 Å². The molecule has 1 N–H and O–H groups in total. The predicted octanol–water partition coefficient (Wildman–Crippen LogP) is 4.50. The molecule has 0 atom stereocenters. The van der Waals surface area contributed by atoms with E-state index in [2.05, 4.69) is 28.6 Å². The minimum Gasteiger partial charge on any atom is -0.493 e. The number of amides is 1. The van der Waals surface area contributed by atoms with Crippen LogP contribution >= 0.6 is 0 Å². The lowest BCUT2D eigenvalue weighted by atomic mass is 10.0. The second-order valence-electron chi connectivity index (χ2n) is 8.07. The number of rotatable bonds is 6. The fourth-order valence-electron chi connectivity index (χ4n) is 4.05. The number of anilines is 1. The van der Waals surface area contributed by atoms with Gasteiger partial charge < -0.3 is 19.5 Å². The summed E-state index contributed by atoms with van der Waals surface area (Å²) < 4.78 is 17.5. The van der Waals surface area contributed by atoms with Crippen molar-refractivity contribution in [1.82, 2.24) is 14.8 Å². The van der Waals surface area contributed by atoms with Gasteiger partial charge in [-0.1, -0.05) is 11.6 Å². The van der Waals surface area contributed by atoms with Gasteiger partial charge in [-0.25, -0.2) is 4.98 Å². The van der Waals surface area contributed by atoms with E-state index in [0.29, 0.717) is 23.1 Å². The molecule has 0 fully saturated rings. The number of nitrogens with zero attached hydrogens (tertiary/aromatic N) is 4. The molecule has 0 spiro atoms. The standard InChI is InChI=1S/C26H25N5O4/c1-14-7-16(3)23-19(8-14)15(2)9-22(29-23)31-25(18(12-27)13-28-31)30-26(32)17-10-20(33-4)24(35-6)21(11-17)34-5/h7-11,13H,1-6H3,(H,30,32). The van der Waals surface area contributed by atoms with E-state index in [1.807, 2.05) is 26.8 Å². The number of benzene rings is 2. The van der Waals surface area contributed by atoms with Crippen molar-refractivity contribution in [2.24, 2.45) is 0 Å². The number of aromatic nitrogens is 3. The van der Waals surface area contributed by atoms with Crippen molar-refractivity contribution in [3.8, 4) is 29.1 Å². The highest BCUT2D eigenvalue weighted by Crippen LogP contribution is 2.38. The Morgan fingerprint density at radius 3 is 2.26 bits per heavy atom. The highest BCUT2D eigenvalue weighted by atomic mass is 16.5. The Morgan fingerprint density at radius 2 is 1.66 bits per heavy atom. The Kier molecular flexibility index (Phi) is 6.30. The number of carbonyl (C=O) groups excluding carboxylic acids is 1.